The van der Waals surface area contributed by atoms with Gasteiger partial charge in [0.05, 0.1) is 0 Å². The number of halogens is 3. The lowest BCUT2D eigenvalue weighted by Crippen LogP contribution is -2.40. The molecule has 0 saturated heterocycles. The SMILES string of the molecule is C=CCC(NC(=O)c1cc(F)c(F)c(F)c1)C(=O)O. The van der Waals surface area contributed by atoms with Gasteiger partial charge >= 0.3 is 5.97 Å². The first-order valence-electron chi connectivity index (χ1n) is 5.16. The minimum absolute atomic E-state index is 0.0623. The Morgan fingerprint density at radius 3 is 2.26 bits per heavy atom. The second kappa shape index (κ2) is 6.03. The van der Waals surface area contributed by atoms with Gasteiger partial charge in [0, 0.05) is 5.56 Å². The van der Waals surface area contributed by atoms with Crippen LogP contribution in [0.4, 0.5) is 13.2 Å². The zero-order chi connectivity index (χ0) is 14.6. The van der Waals surface area contributed by atoms with Gasteiger partial charge < -0.3 is 10.4 Å². The largest absolute Gasteiger partial charge is 0.480 e. The van der Waals surface area contributed by atoms with E-state index in [-0.39, 0.29) is 6.42 Å². The highest BCUT2D eigenvalue weighted by Gasteiger charge is 2.21. The number of carboxylic acids is 1. The molecule has 0 fully saturated rings. The molecule has 0 aromatic heterocycles. The van der Waals surface area contributed by atoms with Crippen molar-refractivity contribution in [2.75, 3.05) is 0 Å². The van der Waals surface area contributed by atoms with Crippen molar-refractivity contribution in [2.24, 2.45) is 0 Å². The average molecular weight is 273 g/mol. The molecule has 0 radical (unpaired) electrons. The van der Waals surface area contributed by atoms with E-state index in [4.69, 9.17) is 5.11 Å². The molecule has 2 N–H and O–H groups in total. The fourth-order valence-electron chi connectivity index (χ4n) is 1.32. The lowest BCUT2D eigenvalue weighted by atomic mass is 10.1. The number of rotatable bonds is 5. The van der Waals surface area contributed by atoms with E-state index in [2.05, 4.69) is 6.58 Å². The van der Waals surface area contributed by atoms with Gasteiger partial charge in [0.25, 0.3) is 5.91 Å². The van der Waals surface area contributed by atoms with Crippen LogP contribution in [0.1, 0.15) is 16.8 Å². The number of hydrogen-bond donors (Lipinski definition) is 2. The van der Waals surface area contributed by atoms with Crippen LogP contribution in [0.3, 0.4) is 0 Å². The first-order chi connectivity index (χ1) is 8.86. The maximum absolute atomic E-state index is 12.9. The molecule has 1 aromatic carbocycles. The summed E-state index contributed by atoms with van der Waals surface area (Å²) in [4.78, 5) is 22.4. The third-order valence-electron chi connectivity index (χ3n) is 2.25. The van der Waals surface area contributed by atoms with Gasteiger partial charge in [-0.05, 0) is 18.6 Å². The zero-order valence-corrected chi connectivity index (χ0v) is 9.62. The van der Waals surface area contributed by atoms with E-state index in [1.54, 1.807) is 0 Å². The fourth-order valence-corrected chi connectivity index (χ4v) is 1.32. The number of carbonyl (C=O) groups is 2. The summed E-state index contributed by atoms with van der Waals surface area (Å²) in [5.41, 5.74) is -0.508. The van der Waals surface area contributed by atoms with E-state index in [1.165, 1.54) is 6.08 Å². The number of aliphatic carboxylic acids is 1. The van der Waals surface area contributed by atoms with E-state index < -0.39 is 40.9 Å². The van der Waals surface area contributed by atoms with Crippen molar-refractivity contribution in [3.05, 3.63) is 47.8 Å². The van der Waals surface area contributed by atoms with Gasteiger partial charge in [-0.2, -0.15) is 0 Å². The third-order valence-corrected chi connectivity index (χ3v) is 2.25. The Kier molecular flexibility index (Phi) is 4.68. The van der Waals surface area contributed by atoms with Crippen LogP contribution < -0.4 is 5.32 Å². The second-order valence-corrected chi connectivity index (χ2v) is 3.64. The monoisotopic (exact) mass is 273 g/mol. The molecule has 0 heterocycles. The number of nitrogens with one attached hydrogen (secondary N) is 1. The Morgan fingerprint density at radius 2 is 1.84 bits per heavy atom. The van der Waals surface area contributed by atoms with Crippen LogP contribution in [0.2, 0.25) is 0 Å². The number of benzene rings is 1. The summed E-state index contributed by atoms with van der Waals surface area (Å²) >= 11 is 0. The molecule has 0 spiro atoms. The summed E-state index contributed by atoms with van der Waals surface area (Å²) < 4.78 is 38.5. The lowest BCUT2D eigenvalue weighted by molar-refractivity contribution is -0.139. The zero-order valence-electron chi connectivity index (χ0n) is 9.62. The van der Waals surface area contributed by atoms with Gasteiger partial charge in [-0.1, -0.05) is 6.08 Å². The smallest absolute Gasteiger partial charge is 0.326 e. The molecule has 4 nitrogen and oxygen atoms in total. The highest BCUT2D eigenvalue weighted by atomic mass is 19.2. The highest BCUT2D eigenvalue weighted by molar-refractivity contribution is 5.96. The van der Waals surface area contributed by atoms with Crippen molar-refractivity contribution in [1.82, 2.24) is 5.32 Å². The topological polar surface area (TPSA) is 66.4 Å². The quantitative estimate of drug-likeness (QED) is 0.635. The van der Waals surface area contributed by atoms with Crippen LogP contribution >= 0.6 is 0 Å². The molecule has 19 heavy (non-hydrogen) atoms. The van der Waals surface area contributed by atoms with Crippen LogP contribution in [0.25, 0.3) is 0 Å². The van der Waals surface area contributed by atoms with Crippen LogP contribution in [-0.2, 0) is 4.79 Å². The summed E-state index contributed by atoms with van der Waals surface area (Å²) in [6.45, 7) is 3.32. The summed E-state index contributed by atoms with van der Waals surface area (Å²) in [7, 11) is 0. The normalized spacial score (nSPS) is 11.7. The van der Waals surface area contributed by atoms with Crippen LogP contribution in [0, 0.1) is 17.5 Å². The number of carboxylic acid groups (broad SMARTS) is 1. The maximum Gasteiger partial charge on any atom is 0.326 e. The predicted molar refractivity (Wildman–Crippen MR) is 60.0 cm³/mol. The predicted octanol–water partition coefficient (Wildman–Crippen LogP) is 1.86. The summed E-state index contributed by atoms with van der Waals surface area (Å²) in [5, 5.41) is 10.8. The summed E-state index contributed by atoms with van der Waals surface area (Å²) in [6, 6.07) is -0.303. The van der Waals surface area contributed by atoms with Crippen molar-refractivity contribution in [1.29, 1.82) is 0 Å². The van der Waals surface area contributed by atoms with Crippen LogP contribution in [0.5, 0.6) is 0 Å². The standard InChI is InChI=1S/C12H10F3NO3/c1-2-3-9(12(18)19)16-11(17)6-4-7(13)10(15)8(14)5-6/h2,4-5,9H,1,3H2,(H,16,17)(H,18,19). The number of hydrogen-bond acceptors (Lipinski definition) is 2. The van der Waals surface area contributed by atoms with Gasteiger partial charge in [0.15, 0.2) is 17.5 Å². The van der Waals surface area contributed by atoms with E-state index in [9.17, 15) is 22.8 Å². The second-order valence-electron chi connectivity index (χ2n) is 3.64. The van der Waals surface area contributed by atoms with E-state index in [1.807, 2.05) is 5.32 Å². The van der Waals surface area contributed by atoms with Crippen molar-refractivity contribution < 1.29 is 27.9 Å². The molecular formula is C12H10F3NO3. The van der Waals surface area contributed by atoms with E-state index >= 15 is 0 Å². The average Bonchev–Trinajstić information content (AvgIpc) is 2.34. The van der Waals surface area contributed by atoms with Gasteiger partial charge in [-0.25, -0.2) is 18.0 Å². The number of carbonyl (C=O) groups excluding carboxylic acids is 1. The first-order valence-corrected chi connectivity index (χ1v) is 5.16. The molecule has 102 valence electrons. The van der Waals surface area contributed by atoms with Crippen molar-refractivity contribution in [3.8, 4) is 0 Å². The minimum atomic E-state index is -1.70. The lowest BCUT2D eigenvalue weighted by Gasteiger charge is -2.12. The number of amides is 1. The van der Waals surface area contributed by atoms with Gasteiger partial charge in [0.1, 0.15) is 6.04 Å². The van der Waals surface area contributed by atoms with Gasteiger partial charge in [-0.15, -0.1) is 6.58 Å². The Morgan fingerprint density at radius 1 is 1.32 bits per heavy atom. The van der Waals surface area contributed by atoms with E-state index in [0.29, 0.717) is 12.1 Å². The third kappa shape index (κ3) is 3.57. The van der Waals surface area contributed by atoms with Crippen molar-refractivity contribution >= 4 is 11.9 Å². The Labute approximate surface area is 106 Å². The van der Waals surface area contributed by atoms with Gasteiger partial charge in [0.2, 0.25) is 0 Å². The molecule has 1 unspecified atom stereocenters. The Hall–Kier alpha value is -2.31. The molecule has 0 aliphatic rings. The van der Waals surface area contributed by atoms with Crippen molar-refractivity contribution in [3.63, 3.8) is 0 Å². The molecule has 0 aliphatic heterocycles. The molecule has 1 amide bonds. The fraction of sp³-hybridized carbons (Fsp3) is 0.167. The molecule has 0 saturated carbocycles. The molecular weight excluding hydrogens is 263 g/mol. The molecule has 0 aliphatic carbocycles. The van der Waals surface area contributed by atoms with Gasteiger partial charge in [-0.3, -0.25) is 4.79 Å². The van der Waals surface area contributed by atoms with Crippen LogP contribution in [0.15, 0.2) is 24.8 Å². The molecule has 1 atom stereocenters. The molecule has 0 bridgehead atoms. The Balaban J connectivity index is 2.94. The molecule has 1 aromatic rings. The molecule has 7 heteroatoms. The maximum atomic E-state index is 12.9. The van der Waals surface area contributed by atoms with Crippen molar-refractivity contribution in [2.45, 2.75) is 12.5 Å². The highest BCUT2D eigenvalue weighted by Crippen LogP contribution is 2.13. The molecule has 1 rings (SSSR count). The minimum Gasteiger partial charge on any atom is -0.480 e. The summed E-state index contributed by atoms with van der Waals surface area (Å²) in [5.74, 6) is -7.10. The summed E-state index contributed by atoms with van der Waals surface area (Å²) in [6.07, 6.45) is 1.21. The van der Waals surface area contributed by atoms with E-state index in [0.717, 1.165) is 0 Å². The Bertz CT molecular complexity index is 508. The first kappa shape index (κ1) is 14.7. The van der Waals surface area contributed by atoms with Crippen LogP contribution in [-0.4, -0.2) is 23.0 Å².